The van der Waals surface area contributed by atoms with Crippen LogP contribution in [0.15, 0.2) is 18.2 Å². The maximum atomic E-state index is 10.0. The van der Waals surface area contributed by atoms with E-state index in [2.05, 4.69) is 5.32 Å². The maximum Gasteiger partial charge on any atom is 0.0914 e. The molecule has 0 saturated heterocycles. The zero-order chi connectivity index (χ0) is 13.4. The molecule has 0 fully saturated rings. The molecule has 0 aromatic heterocycles. The fourth-order valence-corrected chi connectivity index (χ4v) is 1.79. The van der Waals surface area contributed by atoms with Gasteiger partial charge >= 0.3 is 0 Å². The molecule has 18 heavy (non-hydrogen) atoms. The number of aliphatic hydroxyl groups is 1. The van der Waals surface area contributed by atoms with Gasteiger partial charge < -0.3 is 15.2 Å². The van der Waals surface area contributed by atoms with Crippen molar-refractivity contribution in [2.75, 3.05) is 26.3 Å². The molecule has 0 heterocycles. The molecule has 4 heteroatoms. The van der Waals surface area contributed by atoms with Crippen molar-refractivity contribution in [3.63, 3.8) is 0 Å². The third-order valence-corrected chi connectivity index (χ3v) is 3.17. The van der Waals surface area contributed by atoms with Gasteiger partial charge in [-0.15, -0.1) is 0 Å². The fourth-order valence-electron chi connectivity index (χ4n) is 1.68. The van der Waals surface area contributed by atoms with Gasteiger partial charge in [-0.3, -0.25) is 0 Å². The first-order valence-corrected chi connectivity index (χ1v) is 6.75. The van der Waals surface area contributed by atoms with Gasteiger partial charge in [0.1, 0.15) is 0 Å². The molecule has 0 saturated carbocycles. The highest BCUT2D eigenvalue weighted by atomic mass is 35.5. The maximum absolute atomic E-state index is 10.0. The Hall–Kier alpha value is -0.610. The summed E-state index contributed by atoms with van der Waals surface area (Å²) in [6.07, 6.45) is 0.466. The summed E-state index contributed by atoms with van der Waals surface area (Å²) >= 11 is 5.95. The molecule has 1 aromatic carbocycles. The Morgan fingerprint density at radius 3 is 2.89 bits per heavy atom. The summed E-state index contributed by atoms with van der Waals surface area (Å²) in [6, 6.07) is 5.61. The molecule has 1 aromatic rings. The molecule has 0 bridgehead atoms. The number of halogens is 1. The molecule has 0 radical (unpaired) electrons. The van der Waals surface area contributed by atoms with Gasteiger partial charge in [0.15, 0.2) is 0 Å². The molecule has 3 nitrogen and oxygen atoms in total. The van der Waals surface area contributed by atoms with E-state index in [-0.39, 0.29) is 0 Å². The van der Waals surface area contributed by atoms with Gasteiger partial charge in [0.2, 0.25) is 0 Å². The van der Waals surface area contributed by atoms with Crippen LogP contribution in [0.3, 0.4) is 0 Å². The van der Waals surface area contributed by atoms with E-state index in [0.29, 0.717) is 6.54 Å². The van der Waals surface area contributed by atoms with E-state index in [0.717, 1.165) is 42.3 Å². The van der Waals surface area contributed by atoms with E-state index in [1.165, 1.54) is 0 Å². The van der Waals surface area contributed by atoms with Crippen LogP contribution in [0.1, 0.15) is 30.6 Å². The minimum absolute atomic E-state index is 0.493. The smallest absolute Gasteiger partial charge is 0.0914 e. The van der Waals surface area contributed by atoms with Crippen molar-refractivity contribution in [2.45, 2.75) is 26.4 Å². The number of benzene rings is 1. The van der Waals surface area contributed by atoms with Crippen LogP contribution in [0.2, 0.25) is 5.02 Å². The summed E-state index contributed by atoms with van der Waals surface area (Å²) in [5, 5.41) is 13.9. The van der Waals surface area contributed by atoms with Crippen molar-refractivity contribution in [3.05, 3.63) is 34.3 Å². The van der Waals surface area contributed by atoms with Gasteiger partial charge in [-0.25, -0.2) is 0 Å². The van der Waals surface area contributed by atoms with Crippen LogP contribution in [0.25, 0.3) is 0 Å². The second-order valence-electron chi connectivity index (χ2n) is 4.28. The molecular formula is C14H22ClNO2. The molecule has 0 aliphatic rings. The van der Waals surface area contributed by atoms with Crippen LogP contribution in [0.4, 0.5) is 0 Å². The highest BCUT2D eigenvalue weighted by Gasteiger charge is 2.07. The third-order valence-electron chi connectivity index (χ3n) is 2.75. The average molecular weight is 272 g/mol. The van der Waals surface area contributed by atoms with Crippen LogP contribution in [-0.4, -0.2) is 31.4 Å². The van der Waals surface area contributed by atoms with Crippen molar-refractivity contribution in [2.24, 2.45) is 0 Å². The van der Waals surface area contributed by atoms with E-state index in [4.69, 9.17) is 16.3 Å². The summed E-state index contributed by atoms with van der Waals surface area (Å²) in [7, 11) is 0. The first kappa shape index (κ1) is 15.4. The minimum atomic E-state index is -0.493. The molecule has 1 atom stereocenters. The fraction of sp³-hybridized carbons (Fsp3) is 0.571. The SMILES string of the molecule is CCOCCCNCC(O)c1ccc(Cl)c(C)c1. The predicted octanol–water partition coefficient (Wildman–Crippen LogP) is 2.70. The number of aliphatic hydroxyl groups excluding tert-OH is 1. The van der Waals surface area contributed by atoms with Crippen molar-refractivity contribution in [3.8, 4) is 0 Å². The zero-order valence-electron chi connectivity index (χ0n) is 11.1. The van der Waals surface area contributed by atoms with Crippen molar-refractivity contribution < 1.29 is 9.84 Å². The van der Waals surface area contributed by atoms with Crippen molar-refractivity contribution >= 4 is 11.6 Å². The summed E-state index contributed by atoms with van der Waals surface area (Å²) in [5.41, 5.74) is 1.89. The number of hydrogen-bond donors (Lipinski definition) is 2. The Kier molecular flexibility index (Phi) is 7.28. The lowest BCUT2D eigenvalue weighted by Gasteiger charge is -2.13. The second-order valence-corrected chi connectivity index (χ2v) is 4.69. The standard InChI is InChI=1S/C14H22ClNO2/c1-3-18-8-4-7-16-10-14(17)12-5-6-13(15)11(2)9-12/h5-6,9,14,16-17H,3-4,7-8,10H2,1-2H3. The molecule has 0 aliphatic heterocycles. The van der Waals surface area contributed by atoms with Gasteiger partial charge in [0.25, 0.3) is 0 Å². The number of aryl methyl sites for hydroxylation is 1. The Labute approximate surface area is 114 Å². The molecule has 1 rings (SSSR count). The van der Waals surface area contributed by atoms with Gasteiger partial charge in [0, 0.05) is 24.8 Å². The van der Waals surface area contributed by atoms with Crippen LogP contribution in [0.5, 0.6) is 0 Å². The van der Waals surface area contributed by atoms with Gasteiger partial charge in [0.05, 0.1) is 6.10 Å². The Morgan fingerprint density at radius 2 is 2.22 bits per heavy atom. The van der Waals surface area contributed by atoms with E-state index < -0.39 is 6.10 Å². The third kappa shape index (κ3) is 5.36. The lowest BCUT2D eigenvalue weighted by atomic mass is 10.1. The highest BCUT2D eigenvalue weighted by Crippen LogP contribution is 2.20. The highest BCUT2D eigenvalue weighted by molar-refractivity contribution is 6.31. The quantitative estimate of drug-likeness (QED) is 0.715. The summed E-state index contributed by atoms with van der Waals surface area (Å²) < 4.78 is 5.24. The Morgan fingerprint density at radius 1 is 1.44 bits per heavy atom. The van der Waals surface area contributed by atoms with Crippen LogP contribution < -0.4 is 5.32 Å². The van der Waals surface area contributed by atoms with Gasteiger partial charge in [-0.2, -0.15) is 0 Å². The lowest BCUT2D eigenvalue weighted by molar-refractivity contribution is 0.141. The second kappa shape index (κ2) is 8.48. The summed E-state index contributed by atoms with van der Waals surface area (Å²) in [4.78, 5) is 0. The largest absolute Gasteiger partial charge is 0.387 e. The summed E-state index contributed by atoms with van der Waals surface area (Å²) in [5.74, 6) is 0. The molecule has 1 unspecified atom stereocenters. The molecule has 102 valence electrons. The summed E-state index contributed by atoms with van der Waals surface area (Å²) in [6.45, 7) is 6.84. The van der Waals surface area contributed by atoms with E-state index in [1.54, 1.807) is 0 Å². The normalized spacial score (nSPS) is 12.7. The molecular weight excluding hydrogens is 250 g/mol. The number of ether oxygens (including phenoxy) is 1. The van der Waals surface area contributed by atoms with E-state index in [9.17, 15) is 5.11 Å². The topological polar surface area (TPSA) is 41.5 Å². The number of hydrogen-bond acceptors (Lipinski definition) is 3. The zero-order valence-corrected chi connectivity index (χ0v) is 11.8. The van der Waals surface area contributed by atoms with Crippen LogP contribution in [0, 0.1) is 6.92 Å². The van der Waals surface area contributed by atoms with Crippen LogP contribution in [-0.2, 0) is 4.74 Å². The lowest BCUT2D eigenvalue weighted by Crippen LogP contribution is -2.23. The van der Waals surface area contributed by atoms with Crippen LogP contribution >= 0.6 is 11.6 Å². The van der Waals surface area contributed by atoms with E-state index >= 15 is 0 Å². The molecule has 2 N–H and O–H groups in total. The number of nitrogens with one attached hydrogen (secondary N) is 1. The molecule has 0 amide bonds. The first-order chi connectivity index (χ1) is 8.65. The first-order valence-electron chi connectivity index (χ1n) is 6.37. The van der Waals surface area contributed by atoms with Crippen molar-refractivity contribution in [1.82, 2.24) is 5.32 Å². The number of rotatable bonds is 8. The van der Waals surface area contributed by atoms with Crippen molar-refractivity contribution in [1.29, 1.82) is 0 Å². The Bertz CT molecular complexity index is 358. The predicted molar refractivity (Wildman–Crippen MR) is 75.1 cm³/mol. The van der Waals surface area contributed by atoms with E-state index in [1.807, 2.05) is 32.0 Å². The Balaban J connectivity index is 2.27. The average Bonchev–Trinajstić information content (AvgIpc) is 2.36. The van der Waals surface area contributed by atoms with Gasteiger partial charge in [-0.05, 0) is 44.0 Å². The van der Waals surface area contributed by atoms with Gasteiger partial charge in [-0.1, -0.05) is 23.7 Å². The molecule has 0 spiro atoms. The minimum Gasteiger partial charge on any atom is -0.387 e. The monoisotopic (exact) mass is 271 g/mol. The molecule has 0 aliphatic carbocycles.